The van der Waals surface area contributed by atoms with Gasteiger partial charge in [-0.05, 0) is 42.8 Å². The molecule has 0 fully saturated rings. The molecule has 1 amide bonds. The number of thioether (sulfide) groups is 1. The molecule has 0 aromatic heterocycles. The Kier molecular flexibility index (Phi) is 5.99. The lowest BCUT2D eigenvalue weighted by atomic mass is 10.1. The monoisotopic (exact) mass is 397 g/mol. The molecule has 7 heteroatoms. The van der Waals surface area contributed by atoms with Crippen molar-refractivity contribution in [1.82, 2.24) is 5.32 Å². The fourth-order valence-corrected chi connectivity index (χ4v) is 3.78. The highest BCUT2D eigenvalue weighted by Gasteiger charge is 2.15. The van der Waals surface area contributed by atoms with Crippen LogP contribution in [0.2, 0.25) is 10.0 Å². The van der Waals surface area contributed by atoms with E-state index >= 15 is 0 Å². The first-order valence-corrected chi connectivity index (χ1v) is 9.54. The van der Waals surface area contributed by atoms with Crippen LogP contribution >= 0.6 is 35.0 Å². The summed E-state index contributed by atoms with van der Waals surface area (Å²) in [5.74, 6) is 1.69. The first kappa shape index (κ1) is 18.2. The molecule has 1 unspecified atom stereocenters. The SMILES string of the molecule is CC(NC(=O)CSc1ccc2c(c1)OCCO2)c1ccc(Cl)cc1Cl. The van der Waals surface area contributed by atoms with Gasteiger partial charge < -0.3 is 14.8 Å². The van der Waals surface area contributed by atoms with Crippen molar-refractivity contribution in [2.24, 2.45) is 0 Å². The number of carbonyl (C=O) groups excluding carboxylic acids is 1. The molecule has 25 heavy (non-hydrogen) atoms. The van der Waals surface area contributed by atoms with Crippen LogP contribution in [0.15, 0.2) is 41.3 Å². The average molecular weight is 398 g/mol. The highest BCUT2D eigenvalue weighted by Crippen LogP contribution is 2.34. The van der Waals surface area contributed by atoms with Crippen molar-refractivity contribution < 1.29 is 14.3 Å². The standard InChI is InChI=1S/C18H17Cl2NO3S/c1-11(14-4-2-12(19)8-15(14)20)21-18(22)10-25-13-3-5-16-17(9-13)24-7-6-23-16/h2-5,8-9,11H,6-7,10H2,1H3,(H,21,22). The van der Waals surface area contributed by atoms with Crippen LogP contribution in [0, 0.1) is 0 Å². The molecule has 2 aromatic rings. The third-order valence-electron chi connectivity index (χ3n) is 3.69. The number of nitrogens with one attached hydrogen (secondary N) is 1. The molecule has 132 valence electrons. The van der Waals surface area contributed by atoms with Crippen LogP contribution in [0.25, 0.3) is 0 Å². The van der Waals surface area contributed by atoms with Crippen LogP contribution < -0.4 is 14.8 Å². The summed E-state index contributed by atoms with van der Waals surface area (Å²) in [6.45, 7) is 3.00. The third-order valence-corrected chi connectivity index (χ3v) is 5.25. The second kappa shape index (κ2) is 8.21. The number of hydrogen-bond acceptors (Lipinski definition) is 4. The molecule has 1 N–H and O–H groups in total. The second-order valence-electron chi connectivity index (χ2n) is 5.55. The highest BCUT2D eigenvalue weighted by molar-refractivity contribution is 8.00. The number of halogens is 2. The Hall–Kier alpha value is -1.56. The molecule has 1 heterocycles. The van der Waals surface area contributed by atoms with E-state index in [0.717, 1.165) is 22.0 Å². The van der Waals surface area contributed by atoms with Gasteiger partial charge in [0.25, 0.3) is 0 Å². The normalized spacial score (nSPS) is 14.0. The first-order valence-electron chi connectivity index (χ1n) is 7.79. The van der Waals surface area contributed by atoms with Gasteiger partial charge in [-0.3, -0.25) is 4.79 Å². The molecule has 0 bridgehead atoms. The van der Waals surface area contributed by atoms with Gasteiger partial charge in [0.15, 0.2) is 11.5 Å². The van der Waals surface area contributed by atoms with Crippen molar-refractivity contribution in [3.05, 3.63) is 52.0 Å². The maximum absolute atomic E-state index is 12.2. The quantitative estimate of drug-likeness (QED) is 0.740. The Balaban J connectivity index is 1.55. The van der Waals surface area contributed by atoms with Crippen LogP contribution in [-0.4, -0.2) is 24.9 Å². The largest absolute Gasteiger partial charge is 0.486 e. The molecule has 0 saturated carbocycles. The molecule has 0 saturated heterocycles. The molecule has 1 aliphatic rings. The summed E-state index contributed by atoms with van der Waals surface area (Å²) >= 11 is 13.5. The average Bonchev–Trinajstić information content (AvgIpc) is 2.59. The Labute approximate surface area is 160 Å². The van der Waals surface area contributed by atoms with Crippen LogP contribution in [0.3, 0.4) is 0 Å². The van der Waals surface area contributed by atoms with Crippen molar-refractivity contribution in [2.75, 3.05) is 19.0 Å². The number of carbonyl (C=O) groups is 1. The summed E-state index contributed by atoms with van der Waals surface area (Å²) in [5, 5.41) is 4.06. The number of fused-ring (bicyclic) bond motifs is 1. The molecular weight excluding hydrogens is 381 g/mol. The topological polar surface area (TPSA) is 47.6 Å². The summed E-state index contributed by atoms with van der Waals surface area (Å²) in [7, 11) is 0. The zero-order valence-corrected chi connectivity index (χ0v) is 15.9. The van der Waals surface area contributed by atoms with Gasteiger partial charge in [0.1, 0.15) is 13.2 Å². The van der Waals surface area contributed by atoms with E-state index in [9.17, 15) is 4.79 Å². The number of benzene rings is 2. The van der Waals surface area contributed by atoms with Gasteiger partial charge in [-0.25, -0.2) is 0 Å². The Morgan fingerprint density at radius 3 is 2.68 bits per heavy atom. The lowest BCUT2D eigenvalue weighted by Gasteiger charge is -2.19. The second-order valence-corrected chi connectivity index (χ2v) is 7.44. The van der Waals surface area contributed by atoms with E-state index < -0.39 is 0 Å². The minimum Gasteiger partial charge on any atom is -0.486 e. The minimum absolute atomic E-state index is 0.0709. The van der Waals surface area contributed by atoms with Crippen LogP contribution in [-0.2, 0) is 4.79 Å². The number of hydrogen-bond donors (Lipinski definition) is 1. The molecule has 1 aliphatic heterocycles. The van der Waals surface area contributed by atoms with Gasteiger partial charge in [-0.15, -0.1) is 11.8 Å². The van der Waals surface area contributed by atoms with Crippen molar-refractivity contribution in [2.45, 2.75) is 17.9 Å². The van der Waals surface area contributed by atoms with E-state index in [1.165, 1.54) is 11.8 Å². The lowest BCUT2D eigenvalue weighted by molar-refractivity contribution is -0.119. The van der Waals surface area contributed by atoms with Gasteiger partial charge in [0.05, 0.1) is 11.8 Å². The summed E-state index contributed by atoms with van der Waals surface area (Å²) in [6, 6.07) is 10.7. The first-order chi connectivity index (χ1) is 12.0. The number of amides is 1. The van der Waals surface area contributed by atoms with Crippen LogP contribution in [0.1, 0.15) is 18.5 Å². The predicted octanol–water partition coefficient (Wildman–Crippen LogP) is 4.73. The van der Waals surface area contributed by atoms with E-state index in [1.54, 1.807) is 12.1 Å². The van der Waals surface area contributed by atoms with E-state index in [2.05, 4.69) is 5.32 Å². The van der Waals surface area contributed by atoms with Gasteiger partial charge in [-0.1, -0.05) is 29.3 Å². The lowest BCUT2D eigenvalue weighted by Crippen LogP contribution is -2.28. The van der Waals surface area contributed by atoms with Crippen LogP contribution in [0.5, 0.6) is 11.5 Å². The van der Waals surface area contributed by atoms with Crippen LogP contribution in [0.4, 0.5) is 0 Å². The summed E-state index contributed by atoms with van der Waals surface area (Å²) in [5.41, 5.74) is 0.837. The fourth-order valence-electron chi connectivity index (χ4n) is 2.48. The van der Waals surface area contributed by atoms with Crippen molar-refractivity contribution in [3.63, 3.8) is 0 Å². The molecule has 0 spiro atoms. The smallest absolute Gasteiger partial charge is 0.230 e. The molecule has 4 nitrogen and oxygen atoms in total. The number of rotatable bonds is 5. The molecule has 2 aromatic carbocycles. The maximum atomic E-state index is 12.2. The molecule has 1 atom stereocenters. The Morgan fingerprint density at radius 1 is 1.16 bits per heavy atom. The predicted molar refractivity (Wildman–Crippen MR) is 101 cm³/mol. The van der Waals surface area contributed by atoms with E-state index in [-0.39, 0.29) is 11.9 Å². The summed E-state index contributed by atoms with van der Waals surface area (Å²) in [6.07, 6.45) is 0. The minimum atomic E-state index is -0.196. The van der Waals surface area contributed by atoms with Gasteiger partial charge in [0, 0.05) is 14.9 Å². The zero-order chi connectivity index (χ0) is 17.8. The van der Waals surface area contributed by atoms with E-state index in [0.29, 0.717) is 29.0 Å². The fraction of sp³-hybridized carbons (Fsp3) is 0.278. The van der Waals surface area contributed by atoms with E-state index in [1.807, 2.05) is 31.2 Å². The number of ether oxygens (including phenoxy) is 2. The highest BCUT2D eigenvalue weighted by atomic mass is 35.5. The van der Waals surface area contributed by atoms with Gasteiger partial charge in [0.2, 0.25) is 5.91 Å². The molecule has 3 rings (SSSR count). The molecule has 0 aliphatic carbocycles. The maximum Gasteiger partial charge on any atom is 0.230 e. The molecule has 0 radical (unpaired) electrons. The summed E-state index contributed by atoms with van der Waals surface area (Å²) < 4.78 is 11.0. The zero-order valence-electron chi connectivity index (χ0n) is 13.6. The molecular formula is C18H17Cl2NO3S. The Morgan fingerprint density at radius 2 is 1.92 bits per heavy atom. The third kappa shape index (κ3) is 4.75. The Bertz CT molecular complexity index is 785. The van der Waals surface area contributed by atoms with E-state index in [4.69, 9.17) is 32.7 Å². The van der Waals surface area contributed by atoms with Crippen molar-refractivity contribution >= 4 is 40.9 Å². The van der Waals surface area contributed by atoms with Crippen molar-refractivity contribution in [3.8, 4) is 11.5 Å². The van der Waals surface area contributed by atoms with Gasteiger partial charge in [-0.2, -0.15) is 0 Å². The van der Waals surface area contributed by atoms with Crippen molar-refractivity contribution in [1.29, 1.82) is 0 Å². The van der Waals surface area contributed by atoms with Gasteiger partial charge >= 0.3 is 0 Å². The summed E-state index contributed by atoms with van der Waals surface area (Å²) in [4.78, 5) is 13.2.